The maximum absolute atomic E-state index is 13.9. The lowest BCUT2D eigenvalue weighted by Gasteiger charge is -2.17. The van der Waals surface area contributed by atoms with Gasteiger partial charge in [0.15, 0.2) is 0 Å². The maximum Gasteiger partial charge on any atom is 0.405 e. The van der Waals surface area contributed by atoms with E-state index in [0.29, 0.717) is 29.9 Å². The van der Waals surface area contributed by atoms with Crippen LogP contribution in [-0.4, -0.2) is 29.7 Å². The summed E-state index contributed by atoms with van der Waals surface area (Å²) in [6, 6.07) is 1.91. The van der Waals surface area contributed by atoms with Gasteiger partial charge in [-0.1, -0.05) is 0 Å². The molecule has 1 atom stereocenters. The highest BCUT2D eigenvalue weighted by molar-refractivity contribution is 5.99. The van der Waals surface area contributed by atoms with Crippen molar-refractivity contribution >= 4 is 23.4 Å². The summed E-state index contributed by atoms with van der Waals surface area (Å²) < 4.78 is 13.9. The Morgan fingerprint density at radius 2 is 2.14 bits per heavy atom. The summed E-state index contributed by atoms with van der Waals surface area (Å²) in [5, 5.41) is 16.5. The minimum Gasteiger partial charge on any atom is -0.465 e. The normalized spacial score (nSPS) is 15.1. The molecule has 0 saturated carbocycles. The van der Waals surface area contributed by atoms with Crippen LogP contribution in [0.3, 0.4) is 0 Å². The van der Waals surface area contributed by atoms with Gasteiger partial charge >= 0.3 is 6.09 Å². The van der Waals surface area contributed by atoms with Gasteiger partial charge in [0, 0.05) is 12.1 Å². The highest BCUT2D eigenvalue weighted by atomic mass is 19.1. The molecule has 0 aliphatic carbocycles. The summed E-state index contributed by atoms with van der Waals surface area (Å²) in [7, 11) is 0. The van der Waals surface area contributed by atoms with Crippen molar-refractivity contribution in [1.29, 1.82) is 0 Å². The molecule has 7 heteroatoms. The number of nitrogens with one attached hydrogen (secondary N) is 3. The number of hydrogen-bond acceptors (Lipinski definition) is 3. The number of hydrogen-bond donors (Lipinski definition) is 4. The third-order valence-electron chi connectivity index (χ3n) is 3.40. The van der Waals surface area contributed by atoms with Crippen LogP contribution in [0, 0.1) is 5.82 Å². The molecule has 0 bridgehead atoms. The fraction of sp³-hybridized carbons (Fsp3) is 0.429. The smallest absolute Gasteiger partial charge is 0.405 e. The Balaban J connectivity index is 2.20. The third kappa shape index (κ3) is 3.62. The van der Waals surface area contributed by atoms with E-state index in [4.69, 9.17) is 5.11 Å². The Labute approximate surface area is 121 Å². The summed E-state index contributed by atoms with van der Waals surface area (Å²) in [5.74, 6) is -0.786. The van der Waals surface area contributed by atoms with Crippen LogP contribution in [0.15, 0.2) is 12.1 Å². The second kappa shape index (κ2) is 6.43. The molecule has 0 spiro atoms. The Morgan fingerprint density at radius 1 is 1.38 bits per heavy atom. The van der Waals surface area contributed by atoms with Crippen molar-refractivity contribution < 1.29 is 19.1 Å². The first-order valence-corrected chi connectivity index (χ1v) is 6.84. The van der Waals surface area contributed by atoms with E-state index in [2.05, 4.69) is 16.0 Å². The standard InChI is InChI=1S/C14H18FN3O3/c1-8(17-14(20)21)13(19)18-11-6-5-10(15)9-4-2-3-7-16-12(9)11/h5-6,8,16-17H,2-4,7H2,1H3,(H,18,19)(H,20,21)/t8-/m0/s1. The molecule has 1 aromatic carbocycles. The number of halogens is 1. The second-order valence-electron chi connectivity index (χ2n) is 4.99. The molecule has 1 aliphatic rings. The van der Waals surface area contributed by atoms with Gasteiger partial charge in [-0.25, -0.2) is 9.18 Å². The fourth-order valence-electron chi connectivity index (χ4n) is 2.30. The Bertz CT molecular complexity index is 563. The summed E-state index contributed by atoms with van der Waals surface area (Å²) in [4.78, 5) is 22.5. The van der Waals surface area contributed by atoms with Crippen molar-refractivity contribution in [2.45, 2.75) is 32.2 Å². The van der Waals surface area contributed by atoms with Gasteiger partial charge in [-0.15, -0.1) is 0 Å². The van der Waals surface area contributed by atoms with Crippen molar-refractivity contribution in [3.05, 3.63) is 23.5 Å². The predicted molar refractivity (Wildman–Crippen MR) is 77.1 cm³/mol. The molecule has 0 radical (unpaired) electrons. The molecular weight excluding hydrogens is 277 g/mol. The van der Waals surface area contributed by atoms with Crippen LogP contribution in [-0.2, 0) is 11.2 Å². The number of amides is 2. The number of carbonyl (C=O) groups is 2. The van der Waals surface area contributed by atoms with Crippen molar-refractivity contribution in [3.8, 4) is 0 Å². The van der Waals surface area contributed by atoms with Crippen molar-refractivity contribution in [2.24, 2.45) is 0 Å². The van der Waals surface area contributed by atoms with E-state index in [0.717, 1.165) is 12.8 Å². The van der Waals surface area contributed by atoms with Crippen LogP contribution in [0.2, 0.25) is 0 Å². The van der Waals surface area contributed by atoms with Crippen LogP contribution in [0.5, 0.6) is 0 Å². The van der Waals surface area contributed by atoms with Crippen molar-refractivity contribution in [2.75, 3.05) is 17.2 Å². The molecule has 2 amide bonds. The van der Waals surface area contributed by atoms with Crippen LogP contribution in [0.1, 0.15) is 25.3 Å². The van der Waals surface area contributed by atoms with E-state index in [9.17, 15) is 14.0 Å². The van der Waals surface area contributed by atoms with E-state index in [1.165, 1.54) is 19.1 Å². The lowest BCUT2D eigenvalue weighted by molar-refractivity contribution is -0.117. The number of benzene rings is 1. The van der Waals surface area contributed by atoms with Gasteiger partial charge in [-0.05, 0) is 38.3 Å². The Morgan fingerprint density at radius 3 is 2.86 bits per heavy atom. The second-order valence-corrected chi connectivity index (χ2v) is 4.99. The third-order valence-corrected chi connectivity index (χ3v) is 3.40. The zero-order valence-corrected chi connectivity index (χ0v) is 11.7. The molecule has 0 unspecified atom stereocenters. The number of carbonyl (C=O) groups excluding carboxylic acids is 1. The van der Waals surface area contributed by atoms with Crippen LogP contribution in [0.25, 0.3) is 0 Å². The first kappa shape index (κ1) is 15.1. The van der Waals surface area contributed by atoms with E-state index in [1.54, 1.807) is 0 Å². The highest BCUT2D eigenvalue weighted by Crippen LogP contribution is 2.31. The monoisotopic (exact) mass is 295 g/mol. The SMILES string of the molecule is C[C@H](NC(=O)O)C(=O)Nc1ccc(F)c2c1NCCCC2. The molecule has 1 aromatic rings. The minimum absolute atomic E-state index is 0.297. The van der Waals surface area contributed by atoms with Gasteiger partial charge in [0.05, 0.1) is 11.4 Å². The minimum atomic E-state index is -1.27. The Hall–Kier alpha value is -2.31. The average Bonchev–Trinajstić information content (AvgIpc) is 2.67. The fourth-order valence-corrected chi connectivity index (χ4v) is 2.30. The molecule has 1 heterocycles. The van der Waals surface area contributed by atoms with Gasteiger partial charge in [0.2, 0.25) is 5.91 Å². The van der Waals surface area contributed by atoms with E-state index < -0.39 is 18.0 Å². The zero-order chi connectivity index (χ0) is 15.4. The summed E-state index contributed by atoms with van der Waals surface area (Å²) in [6.45, 7) is 2.15. The zero-order valence-electron chi connectivity index (χ0n) is 11.7. The largest absolute Gasteiger partial charge is 0.465 e. The summed E-state index contributed by atoms with van der Waals surface area (Å²) in [6.07, 6.45) is 1.15. The van der Waals surface area contributed by atoms with Crippen LogP contribution >= 0.6 is 0 Å². The molecule has 2 rings (SSSR count). The van der Waals surface area contributed by atoms with Crippen molar-refractivity contribution in [3.63, 3.8) is 0 Å². The molecular formula is C14H18FN3O3. The molecule has 114 valence electrons. The summed E-state index contributed by atoms with van der Waals surface area (Å²) in [5.41, 5.74) is 1.62. The quantitative estimate of drug-likeness (QED) is 0.688. The predicted octanol–water partition coefficient (Wildman–Crippen LogP) is 2.17. The van der Waals surface area contributed by atoms with Gasteiger partial charge in [0.25, 0.3) is 0 Å². The van der Waals surface area contributed by atoms with Gasteiger partial charge in [-0.2, -0.15) is 0 Å². The van der Waals surface area contributed by atoms with Crippen molar-refractivity contribution in [1.82, 2.24) is 5.32 Å². The highest BCUT2D eigenvalue weighted by Gasteiger charge is 2.20. The molecule has 0 aromatic heterocycles. The number of carboxylic acid groups (broad SMARTS) is 1. The lowest BCUT2D eigenvalue weighted by atomic mass is 10.1. The molecule has 0 fully saturated rings. The van der Waals surface area contributed by atoms with Gasteiger partial charge < -0.3 is 21.1 Å². The first-order chi connectivity index (χ1) is 9.99. The molecule has 4 N–H and O–H groups in total. The lowest BCUT2D eigenvalue weighted by Crippen LogP contribution is -2.40. The van der Waals surface area contributed by atoms with Crippen LogP contribution < -0.4 is 16.0 Å². The molecule has 1 aliphatic heterocycles. The van der Waals surface area contributed by atoms with Gasteiger partial charge in [-0.3, -0.25) is 4.79 Å². The number of fused-ring (bicyclic) bond motifs is 1. The molecule has 21 heavy (non-hydrogen) atoms. The molecule has 6 nitrogen and oxygen atoms in total. The number of anilines is 2. The summed E-state index contributed by atoms with van der Waals surface area (Å²) >= 11 is 0. The molecule has 0 saturated heterocycles. The van der Waals surface area contributed by atoms with E-state index >= 15 is 0 Å². The van der Waals surface area contributed by atoms with Gasteiger partial charge in [0.1, 0.15) is 11.9 Å². The van der Waals surface area contributed by atoms with Crippen LogP contribution in [0.4, 0.5) is 20.6 Å². The van der Waals surface area contributed by atoms with E-state index in [-0.39, 0.29) is 5.82 Å². The first-order valence-electron chi connectivity index (χ1n) is 6.84. The number of rotatable bonds is 3. The maximum atomic E-state index is 13.9. The Kier molecular flexibility index (Phi) is 4.62. The topological polar surface area (TPSA) is 90.5 Å². The van der Waals surface area contributed by atoms with E-state index in [1.807, 2.05) is 0 Å². The average molecular weight is 295 g/mol.